The summed E-state index contributed by atoms with van der Waals surface area (Å²) in [5, 5.41) is 23.2. The number of Topliss-reactive ketones (excluding diaryl/α,β-unsaturated/α-hetero) is 1. The minimum atomic E-state index is -0.496. The Balaban J connectivity index is 1.96. The minimum Gasteiger partial charge on any atom is -0.504 e. The first-order valence-electron chi connectivity index (χ1n) is 6.96. The number of aliphatic imine (C=N–C) groups is 1. The molecule has 0 fully saturated rings. The Bertz CT molecular complexity index is 833. The molecule has 2 rings (SSSR count). The highest BCUT2D eigenvalue weighted by molar-refractivity contribution is 6.36. The van der Waals surface area contributed by atoms with Gasteiger partial charge in [-0.05, 0) is 30.3 Å². The van der Waals surface area contributed by atoms with Crippen molar-refractivity contribution in [1.29, 1.82) is 0 Å². The zero-order valence-corrected chi connectivity index (χ0v) is 14.3. The number of hydrazone groups is 1. The normalized spacial score (nSPS) is 11.7. The number of phenolic OH excluding ortho intramolecular Hbond substituents is 2. The molecule has 0 atom stereocenters. The van der Waals surface area contributed by atoms with E-state index in [4.69, 9.17) is 28.9 Å². The topological polar surface area (TPSA) is 120 Å². The summed E-state index contributed by atoms with van der Waals surface area (Å²) < 4.78 is 0. The lowest BCUT2D eigenvalue weighted by Gasteiger charge is -2.04. The molecular formula is C16H14Cl2N4O3. The first-order valence-corrected chi connectivity index (χ1v) is 7.72. The number of hydrogen-bond donors (Lipinski definition) is 4. The zero-order chi connectivity index (χ0) is 18.4. The van der Waals surface area contributed by atoms with Crippen LogP contribution in [0.15, 0.2) is 46.5 Å². The lowest BCUT2D eigenvalue weighted by atomic mass is 10.1. The van der Waals surface area contributed by atoms with Gasteiger partial charge in [0.1, 0.15) is 0 Å². The van der Waals surface area contributed by atoms with E-state index in [1.807, 2.05) is 0 Å². The summed E-state index contributed by atoms with van der Waals surface area (Å²) in [5.41, 5.74) is 8.81. The number of nitrogens with zero attached hydrogens (tertiary/aromatic N) is 2. The van der Waals surface area contributed by atoms with Crippen LogP contribution in [0.1, 0.15) is 15.9 Å². The van der Waals surface area contributed by atoms with Crippen LogP contribution in [0.2, 0.25) is 10.0 Å². The summed E-state index contributed by atoms with van der Waals surface area (Å²) >= 11 is 12.0. The van der Waals surface area contributed by atoms with Gasteiger partial charge in [0.25, 0.3) is 0 Å². The second kappa shape index (κ2) is 8.36. The number of halogens is 2. The van der Waals surface area contributed by atoms with E-state index >= 15 is 0 Å². The van der Waals surface area contributed by atoms with E-state index in [0.29, 0.717) is 15.6 Å². The van der Waals surface area contributed by atoms with E-state index < -0.39 is 11.5 Å². The van der Waals surface area contributed by atoms with Gasteiger partial charge < -0.3 is 15.9 Å². The molecule has 130 valence electrons. The first-order chi connectivity index (χ1) is 11.9. The van der Waals surface area contributed by atoms with Crippen molar-refractivity contribution in [2.75, 3.05) is 0 Å². The fourth-order valence-electron chi connectivity index (χ4n) is 1.79. The maximum atomic E-state index is 11.9. The van der Waals surface area contributed by atoms with Gasteiger partial charge in [0.2, 0.25) is 11.7 Å². The molecule has 25 heavy (non-hydrogen) atoms. The van der Waals surface area contributed by atoms with Crippen molar-refractivity contribution in [1.82, 2.24) is 5.43 Å². The van der Waals surface area contributed by atoms with Crippen LogP contribution in [0.4, 0.5) is 0 Å². The lowest BCUT2D eigenvalue weighted by molar-refractivity contribution is 0.107. The third-order valence-electron chi connectivity index (χ3n) is 3.09. The van der Waals surface area contributed by atoms with E-state index in [0.717, 1.165) is 12.3 Å². The first kappa shape index (κ1) is 18.6. The lowest BCUT2D eigenvalue weighted by Crippen LogP contribution is -2.27. The number of carbonyl (C=O) groups excluding carboxylic acids is 1. The molecule has 2 aromatic carbocycles. The number of benzene rings is 2. The van der Waals surface area contributed by atoms with Crippen molar-refractivity contribution in [3.8, 4) is 11.5 Å². The highest BCUT2D eigenvalue weighted by atomic mass is 35.5. The Labute approximate surface area is 153 Å². The molecule has 0 aliphatic carbocycles. The monoisotopic (exact) mass is 380 g/mol. The second-order valence-corrected chi connectivity index (χ2v) is 5.65. The van der Waals surface area contributed by atoms with Crippen LogP contribution >= 0.6 is 23.2 Å². The van der Waals surface area contributed by atoms with Crippen molar-refractivity contribution in [3.63, 3.8) is 0 Å². The molecule has 0 saturated heterocycles. The van der Waals surface area contributed by atoms with E-state index in [1.165, 1.54) is 12.1 Å². The summed E-state index contributed by atoms with van der Waals surface area (Å²) in [6.07, 6.45) is 0.969. The van der Waals surface area contributed by atoms with Gasteiger partial charge in [-0.25, -0.2) is 10.4 Å². The summed E-state index contributed by atoms with van der Waals surface area (Å²) in [5.74, 6) is -1.25. The van der Waals surface area contributed by atoms with Gasteiger partial charge in [0.15, 0.2) is 11.5 Å². The van der Waals surface area contributed by atoms with Crippen molar-refractivity contribution >= 4 is 41.2 Å². The molecule has 0 saturated carbocycles. The maximum Gasteiger partial charge on any atom is 0.209 e. The molecule has 5 N–H and O–H groups in total. The number of ketones is 1. The number of nitrogens with one attached hydrogen (secondary N) is 1. The molecule has 9 heteroatoms. The average Bonchev–Trinajstić information content (AvgIpc) is 2.56. The summed E-state index contributed by atoms with van der Waals surface area (Å²) in [7, 11) is 0. The molecule has 0 unspecified atom stereocenters. The van der Waals surface area contributed by atoms with Crippen LogP contribution in [0.5, 0.6) is 11.5 Å². The molecule has 0 aliphatic heterocycles. The van der Waals surface area contributed by atoms with Crippen LogP contribution in [0.25, 0.3) is 0 Å². The molecule has 0 radical (unpaired) electrons. The van der Waals surface area contributed by atoms with E-state index in [-0.39, 0.29) is 23.8 Å². The zero-order valence-electron chi connectivity index (χ0n) is 12.8. The predicted octanol–water partition coefficient (Wildman–Crippen LogP) is 2.68. The Morgan fingerprint density at radius 1 is 1.16 bits per heavy atom. The van der Waals surface area contributed by atoms with Crippen molar-refractivity contribution in [3.05, 3.63) is 57.6 Å². The summed E-state index contributed by atoms with van der Waals surface area (Å²) in [4.78, 5) is 15.9. The highest BCUT2D eigenvalue weighted by Crippen LogP contribution is 2.25. The highest BCUT2D eigenvalue weighted by Gasteiger charge is 2.07. The van der Waals surface area contributed by atoms with Gasteiger partial charge in [0.05, 0.1) is 12.8 Å². The van der Waals surface area contributed by atoms with Crippen molar-refractivity contribution in [2.24, 2.45) is 15.8 Å². The number of rotatable bonds is 5. The molecule has 0 bridgehead atoms. The molecule has 0 aromatic heterocycles. The van der Waals surface area contributed by atoms with Crippen LogP contribution in [0, 0.1) is 0 Å². The minimum absolute atomic E-state index is 0.0337. The Hall–Kier alpha value is -2.77. The van der Waals surface area contributed by atoms with Gasteiger partial charge in [-0.1, -0.05) is 29.3 Å². The van der Waals surface area contributed by atoms with Crippen molar-refractivity contribution in [2.45, 2.75) is 6.54 Å². The third kappa shape index (κ3) is 5.10. The summed E-state index contributed by atoms with van der Waals surface area (Å²) in [6, 6.07) is 8.77. The standard InChI is InChI=1S/C16H14Cl2N4O3/c17-11-2-1-3-12(18)10(11)7-20-16(19)22-21-8-15(25)9-4-5-13(23)14(24)6-9/h1-6,8,23-24H,7H2,(H3,19,20,22). The smallest absolute Gasteiger partial charge is 0.209 e. The van der Waals surface area contributed by atoms with Crippen LogP contribution < -0.4 is 11.2 Å². The molecule has 0 aliphatic rings. The Morgan fingerprint density at radius 2 is 1.84 bits per heavy atom. The molecular weight excluding hydrogens is 367 g/mol. The molecule has 0 spiro atoms. The fraction of sp³-hybridized carbons (Fsp3) is 0.0625. The van der Waals surface area contributed by atoms with E-state index in [9.17, 15) is 15.0 Å². The SMILES string of the molecule is NC(=NCc1c(Cl)cccc1Cl)NN=CC(=O)c1ccc(O)c(O)c1. The average molecular weight is 381 g/mol. The molecule has 0 amide bonds. The van der Waals surface area contributed by atoms with Gasteiger partial charge in [-0.2, -0.15) is 5.10 Å². The molecule has 2 aromatic rings. The van der Waals surface area contributed by atoms with Gasteiger partial charge in [-0.3, -0.25) is 4.79 Å². The number of guanidine groups is 1. The van der Waals surface area contributed by atoms with E-state index in [1.54, 1.807) is 18.2 Å². The van der Waals surface area contributed by atoms with Crippen LogP contribution in [0.3, 0.4) is 0 Å². The summed E-state index contributed by atoms with van der Waals surface area (Å²) in [6.45, 7) is 0.145. The third-order valence-corrected chi connectivity index (χ3v) is 3.80. The van der Waals surface area contributed by atoms with Gasteiger partial charge in [-0.15, -0.1) is 0 Å². The second-order valence-electron chi connectivity index (χ2n) is 4.84. The predicted molar refractivity (Wildman–Crippen MR) is 97.5 cm³/mol. The Morgan fingerprint density at radius 3 is 2.48 bits per heavy atom. The number of aromatic hydroxyl groups is 2. The van der Waals surface area contributed by atoms with Crippen molar-refractivity contribution < 1.29 is 15.0 Å². The maximum absolute atomic E-state index is 11.9. The van der Waals surface area contributed by atoms with Crippen LogP contribution in [-0.2, 0) is 6.54 Å². The van der Waals surface area contributed by atoms with Gasteiger partial charge >= 0.3 is 0 Å². The van der Waals surface area contributed by atoms with Gasteiger partial charge in [0, 0.05) is 21.2 Å². The molecule has 0 heterocycles. The fourth-order valence-corrected chi connectivity index (χ4v) is 2.31. The number of nitrogens with two attached hydrogens (primary N) is 1. The quantitative estimate of drug-likeness (QED) is 0.209. The largest absolute Gasteiger partial charge is 0.504 e. The number of carbonyl (C=O) groups is 1. The Kier molecular flexibility index (Phi) is 6.21. The number of phenols is 2. The number of hydrogen-bond acceptors (Lipinski definition) is 5. The van der Waals surface area contributed by atoms with Crippen LogP contribution in [-0.4, -0.2) is 28.2 Å². The van der Waals surface area contributed by atoms with E-state index in [2.05, 4.69) is 15.5 Å². The molecule has 7 nitrogen and oxygen atoms in total.